The third-order valence-corrected chi connectivity index (χ3v) is 5.47. The maximum Gasteiger partial charge on any atom is 1.00 e. The molecule has 0 N–H and O–H groups in total. The predicted molar refractivity (Wildman–Crippen MR) is 112 cm³/mol. The SMILES string of the molecule is Cc1nc2c(O[C@H]3CCOc4cc(F)cc(F)c43)cc(C(=O)N(C)C)cc2n1OP(C)(=O)[O-].[Na+]. The number of ether oxygens (including phenoxy) is 2. The van der Waals surface area contributed by atoms with Gasteiger partial charge in [0.15, 0.2) is 0 Å². The Labute approximate surface area is 216 Å². The molecule has 0 spiro atoms. The molecule has 4 rings (SSSR count). The second-order valence-electron chi connectivity index (χ2n) is 7.89. The van der Waals surface area contributed by atoms with Crippen LogP contribution in [0.2, 0.25) is 0 Å². The number of imidazole rings is 1. The molecule has 9 nitrogen and oxygen atoms in total. The smallest absolute Gasteiger partial charge is 0.767 e. The van der Waals surface area contributed by atoms with Crippen molar-refractivity contribution in [2.45, 2.75) is 19.4 Å². The van der Waals surface area contributed by atoms with Crippen LogP contribution in [0.4, 0.5) is 8.78 Å². The molecule has 0 aliphatic carbocycles. The number of nitrogens with zero attached hydrogens (tertiary/aromatic N) is 3. The summed E-state index contributed by atoms with van der Waals surface area (Å²) in [5.74, 6) is -1.64. The molecule has 1 amide bonds. The first kappa shape index (κ1) is 26.4. The fourth-order valence-electron chi connectivity index (χ4n) is 3.65. The van der Waals surface area contributed by atoms with E-state index in [1.165, 1.54) is 24.0 Å². The number of halogens is 2. The maximum absolute atomic E-state index is 14.6. The Morgan fingerprint density at radius 1 is 1.29 bits per heavy atom. The third-order valence-electron chi connectivity index (χ3n) is 5.01. The molecule has 13 heteroatoms. The van der Waals surface area contributed by atoms with Crippen LogP contribution in [0, 0.1) is 18.6 Å². The summed E-state index contributed by atoms with van der Waals surface area (Å²) in [5, 5.41) is 0. The number of carbonyl (C=O) groups is 1. The fraction of sp³-hybridized carbons (Fsp3) is 0.333. The molecular formula is C21H21F2N3NaO6P. The van der Waals surface area contributed by atoms with Gasteiger partial charge in [0.2, 0.25) is 7.60 Å². The van der Waals surface area contributed by atoms with Gasteiger partial charge in [-0.25, -0.2) is 13.8 Å². The first-order chi connectivity index (χ1) is 15.4. The number of amides is 1. The standard InChI is InChI=1S/C21H22F2N3O6P.Na/c1-11-24-20-15(26(11)32-33(4,28)29)7-12(21(27)25(2)3)8-18(20)31-16-5-6-30-17-10-13(22)9-14(23)19(16)17;/h7-10,16H,5-6H2,1-4H3,(H,28,29);/q;+1/p-1/t16-;/m0./s1. The minimum absolute atomic E-state index is 0. The molecule has 2 heterocycles. The van der Waals surface area contributed by atoms with Crippen LogP contribution in [0.1, 0.15) is 34.3 Å². The van der Waals surface area contributed by atoms with Gasteiger partial charge < -0.3 is 23.9 Å². The van der Waals surface area contributed by atoms with Crippen molar-refractivity contribution in [3.63, 3.8) is 0 Å². The van der Waals surface area contributed by atoms with E-state index < -0.39 is 25.3 Å². The summed E-state index contributed by atoms with van der Waals surface area (Å²) >= 11 is 0. The van der Waals surface area contributed by atoms with Crippen LogP contribution in [-0.2, 0) is 4.57 Å². The van der Waals surface area contributed by atoms with Gasteiger partial charge in [0.25, 0.3) is 5.91 Å². The molecule has 2 aromatic carbocycles. The van der Waals surface area contributed by atoms with Gasteiger partial charge in [-0.15, -0.1) is 0 Å². The van der Waals surface area contributed by atoms with Crippen LogP contribution in [0.25, 0.3) is 11.0 Å². The Balaban J connectivity index is 0.00000324. The second kappa shape index (κ2) is 9.83. The van der Waals surface area contributed by atoms with Gasteiger partial charge in [0.05, 0.1) is 12.2 Å². The molecule has 0 bridgehead atoms. The zero-order valence-electron chi connectivity index (χ0n) is 19.3. The molecule has 0 saturated carbocycles. The van der Waals surface area contributed by atoms with Crippen LogP contribution in [0.3, 0.4) is 0 Å². The summed E-state index contributed by atoms with van der Waals surface area (Å²) < 4.78 is 57.6. The number of aryl methyl sites for hydroxylation is 1. The zero-order valence-corrected chi connectivity index (χ0v) is 22.2. The van der Waals surface area contributed by atoms with Crippen LogP contribution in [0.5, 0.6) is 11.5 Å². The van der Waals surface area contributed by atoms with E-state index in [9.17, 15) is 23.0 Å². The van der Waals surface area contributed by atoms with E-state index in [1.807, 2.05) is 0 Å². The van der Waals surface area contributed by atoms with E-state index in [-0.39, 0.29) is 88.0 Å². The molecule has 3 aromatic rings. The van der Waals surface area contributed by atoms with Crippen molar-refractivity contribution >= 4 is 24.5 Å². The Bertz CT molecular complexity index is 1310. The number of hydrogen-bond donors (Lipinski definition) is 0. The van der Waals surface area contributed by atoms with Crippen molar-refractivity contribution in [3.8, 4) is 11.5 Å². The predicted octanol–water partition coefficient (Wildman–Crippen LogP) is -0.157. The van der Waals surface area contributed by atoms with Crippen LogP contribution in [0.15, 0.2) is 24.3 Å². The summed E-state index contributed by atoms with van der Waals surface area (Å²) in [6, 6.07) is 4.70. The van der Waals surface area contributed by atoms with Crippen molar-refractivity contribution in [3.05, 3.63) is 52.9 Å². The van der Waals surface area contributed by atoms with E-state index in [0.29, 0.717) is 0 Å². The van der Waals surface area contributed by atoms with Crippen LogP contribution >= 0.6 is 7.60 Å². The average molecular weight is 503 g/mol. The van der Waals surface area contributed by atoms with Gasteiger partial charge in [0.1, 0.15) is 46.1 Å². The van der Waals surface area contributed by atoms with Gasteiger partial charge in [-0.1, -0.05) is 0 Å². The quantitative estimate of drug-likeness (QED) is 0.352. The van der Waals surface area contributed by atoms with Crippen LogP contribution < -0.4 is 48.5 Å². The van der Waals surface area contributed by atoms with Gasteiger partial charge >= 0.3 is 29.6 Å². The monoisotopic (exact) mass is 503 g/mol. The first-order valence-electron chi connectivity index (χ1n) is 9.96. The molecule has 1 unspecified atom stereocenters. The molecule has 1 aliphatic heterocycles. The van der Waals surface area contributed by atoms with Crippen molar-refractivity contribution < 1.29 is 66.7 Å². The van der Waals surface area contributed by atoms with Gasteiger partial charge in [0, 0.05) is 44.9 Å². The second-order valence-corrected chi connectivity index (χ2v) is 9.60. The van der Waals surface area contributed by atoms with Gasteiger partial charge in [-0.3, -0.25) is 9.36 Å². The van der Waals surface area contributed by atoms with E-state index in [0.717, 1.165) is 23.5 Å². The summed E-state index contributed by atoms with van der Waals surface area (Å²) in [4.78, 5) is 30.2. The summed E-state index contributed by atoms with van der Waals surface area (Å²) in [7, 11) is -1.10. The zero-order chi connectivity index (χ0) is 24.1. The number of benzene rings is 2. The number of aromatic nitrogens is 2. The maximum atomic E-state index is 14.6. The number of fused-ring (bicyclic) bond motifs is 2. The van der Waals surface area contributed by atoms with Gasteiger partial charge in [-0.2, -0.15) is 4.73 Å². The Morgan fingerprint density at radius 3 is 2.65 bits per heavy atom. The van der Waals surface area contributed by atoms with Gasteiger partial charge in [-0.05, 0) is 19.1 Å². The van der Waals surface area contributed by atoms with E-state index in [4.69, 9.17) is 14.1 Å². The molecule has 1 aliphatic rings. The van der Waals surface area contributed by atoms with Crippen molar-refractivity contribution in [1.82, 2.24) is 14.6 Å². The number of rotatable bonds is 5. The Hall–Kier alpha value is -2.17. The topological polar surface area (TPSA) is 106 Å². The molecule has 0 radical (unpaired) electrons. The van der Waals surface area contributed by atoms with Crippen molar-refractivity contribution in [2.75, 3.05) is 27.4 Å². The molecule has 2 atom stereocenters. The third kappa shape index (κ3) is 5.23. The van der Waals surface area contributed by atoms with Crippen molar-refractivity contribution in [1.29, 1.82) is 0 Å². The molecule has 34 heavy (non-hydrogen) atoms. The Kier molecular flexibility index (Phi) is 7.64. The minimum atomic E-state index is -4.21. The number of hydrogen-bond acceptors (Lipinski definition) is 7. The van der Waals surface area contributed by atoms with E-state index >= 15 is 0 Å². The fourth-order valence-corrected chi connectivity index (χ4v) is 4.15. The van der Waals surface area contributed by atoms with Crippen LogP contribution in [-0.4, -0.2) is 47.9 Å². The first-order valence-corrected chi connectivity index (χ1v) is 12.0. The summed E-state index contributed by atoms with van der Waals surface area (Å²) in [5.41, 5.74) is 0.618. The Morgan fingerprint density at radius 2 is 2.00 bits per heavy atom. The normalized spacial score (nSPS) is 16.6. The molecule has 1 aromatic heterocycles. The molecule has 0 fully saturated rings. The summed E-state index contributed by atoms with van der Waals surface area (Å²) in [6.45, 7) is 2.59. The molecular weight excluding hydrogens is 482 g/mol. The average Bonchev–Trinajstić information content (AvgIpc) is 3.01. The van der Waals surface area contributed by atoms with E-state index in [1.54, 1.807) is 14.1 Å². The molecule has 176 valence electrons. The number of carbonyl (C=O) groups excluding carboxylic acids is 1. The minimum Gasteiger partial charge on any atom is -0.767 e. The van der Waals surface area contributed by atoms with Crippen molar-refractivity contribution in [2.24, 2.45) is 0 Å². The largest absolute Gasteiger partial charge is 1.00 e. The van der Waals surface area contributed by atoms with E-state index in [2.05, 4.69) is 4.98 Å². The molecule has 0 saturated heterocycles. The summed E-state index contributed by atoms with van der Waals surface area (Å²) in [6.07, 6.45) is -0.602.